The highest BCUT2D eigenvalue weighted by Gasteiger charge is 2.30. The molecule has 1 amide bonds. The number of hydrogen-bond donors (Lipinski definition) is 0. The molecule has 4 rings (SSSR count). The smallest absolute Gasteiger partial charge is 0.227 e. The van der Waals surface area contributed by atoms with Crippen LogP contribution in [0.15, 0.2) is 30.3 Å². The first-order valence-corrected chi connectivity index (χ1v) is 10.2. The maximum atomic E-state index is 13.1. The SMILES string of the molecule is Cc1nn(-c2ccccc2)c(C)c1CC(=O)N1Cc2nnc(C(C)C)n2[C@@H](C)C1. The van der Waals surface area contributed by atoms with Crippen molar-refractivity contribution in [3.05, 3.63) is 58.9 Å². The van der Waals surface area contributed by atoms with Crippen molar-refractivity contribution in [2.24, 2.45) is 0 Å². The lowest BCUT2D eigenvalue weighted by Crippen LogP contribution is -2.41. The van der Waals surface area contributed by atoms with E-state index in [1.54, 1.807) is 0 Å². The highest BCUT2D eigenvalue weighted by atomic mass is 16.2. The fourth-order valence-electron chi connectivity index (χ4n) is 4.16. The second-order valence-corrected chi connectivity index (χ2v) is 8.20. The quantitative estimate of drug-likeness (QED) is 0.683. The van der Waals surface area contributed by atoms with Gasteiger partial charge in [0.25, 0.3) is 0 Å². The number of carbonyl (C=O) groups excluding carboxylic acids is 1. The normalized spacial score (nSPS) is 16.3. The van der Waals surface area contributed by atoms with E-state index < -0.39 is 0 Å². The maximum absolute atomic E-state index is 13.1. The number of amides is 1. The second kappa shape index (κ2) is 7.46. The van der Waals surface area contributed by atoms with Crippen molar-refractivity contribution >= 4 is 5.91 Å². The van der Waals surface area contributed by atoms with Crippen LogP contribution in [-0.4, -0.2) is 41.9 Å². The molecular formula is C22H28N6O. The predicted molar refractivity (Wildman–Crippen MR) is 111 cm³/mol. The van der Waals surface area contributed by atoms with Gasteiger partial charge in [-0.1, -0.05) is 32.0 Å². The van der Waals surface area contributed by atoms with E-state index in [1.807, 2.05) is 53.8 Å². The zero-order valence-corrected chi connectivity index (χ0v) is 17.8. The number of nitrogens with zero attached hydrogens (tertiary/aromatic N) is 6. The summed E-state index contributed by atoms with van der Waals surface area (Å²) in [5.74, 6) is 2.29. The van der Waals surface area contributed by atoms with Gasteiger partial charge in [0.05, 0.1) is 30.4 Å². The van der Waals surface area contributed by atoms with E-state index in [-0.39, 0.29) is 11.9 Å². The molecule has 0 spiro atoms. The Kier molecular flexibility index (Phi) is 4.98. The zero-order chi connectivity index (χ0) is 20.7. The van der Waals surface area contributed by atoms with Crippen LogP contribution < -0.4 is 0 Å². The minimum Gasteiger partial charge on any atom is -0.333 e. The van der Waals surface area contributed by atoms with Crippen molar-refractivity contribution in [2.75, 3.05) is 6.54 Å². The number of para-hydroxylation sites is 1. The van der Waals surface area contributed by atoms with Crippen molar-refractivity contribution in [1.29, 1.82) is 0 Å². The zero-order valence-electron chi connectivity index (χ0n) is 17.8. The molecule has 7 nitrogen and oxygen atoms in total. The molecule has 0 saturated heterocycles. The Morgan fingerprint density at radius 1 is 1.17 bits per heavy atom. The fraction of sp³-hybridized carbons (Fsp3) is 0.455. The van der Waals surface area contributed by atoms with Crippen molar-refractivity contribution in [2.45, 2.75) is 59.5 Å². The molecule has 0 aliphatic carbocycles. The summed E-state index contributed by atoms with van der Waals surface area (Å²) in [4.78, 5) is 15.0. The molecule has 7 heteroatoms. The first kappa shape index (κ1) is 19.4. The molecule has 0 bridgehead atoms. The van der Waals surface area contributed by atoms with Gasteiger partial charge in [0.15, 0.2) is 5.82 Å². The van der Waals surface area contributed by atoms with Gasteiger partial charge >= 0.3 is 0 Å². The van der Waals surface area contributed by atoms with Crippen molar-refractivity contribution in [3.63, 3.8) is 0 Å². The Morgan fingerprint density at radius 2 is 1.90 bits per heavy atom. The summed E-state index contributed by atoms with van der Waals surface area (Å²) >= 11 is 0. The molecule has 1 atom stereocenters. The Morgan fingerprint density at radius 3 is 2.59 bits per heavy atom. The van der Waals surface area contributed by atoms with Crippen molar-refractivity contribution in [1.82, 2.24) is 29.4 Å². The lowest BCUT2D eigenvalue weighted by atomic mass is 10.1. The average Bonchev–Trinajstić information content (AvgIpc) is 3.25. The van der Waals surface area contributed by atoms with Gasteiger partial charge in [-0.15, -0.1) is 10.2 Å². The third kappa shape index (κ3) is 3.45. The van der Waals surface area contributed by atoms with E-state index in [4.69, 9.17) is 0 Å². The molecule has 3 heterocycles. The number of fused-ring (bicyclic) bond motifs is 1. The van der Waals surface area contributed by atoms with Crippen LogP contribution in [0.2, 0.25) is 0 Å². The van der Waals surface area contributed by atoms with Crippen LogP contribution in [0.1, 0.15) is 61.3 Å². The van der Waals surface area contributed by atoms with E-state index in [0.29, 0.717) is 25.4 Å². The summed E-state index contributed by atoms with van der Waals surface area (Å²) < 4.78 is 4.11. The Balaban J connectivity index is 1.55. The molecular weight excluding hydrogens is 364 g/mol. The summed E-state index contributed by atoms with van der Waals surface area (Å²) in [7, 11) is 0. The van der Waals surface area contributed by atoms with Crippen LogP contribution in [0.25, 0.3) is 5.69 Å². The summed E-state index contributed by atoms with van der Waals surface area (Å²) in [6.45, 7) is 11.6. The molecule has 1 aromatic carbocycles. The van der Waals surface area contributed by atoms with Gasteiger partial charge in [0.1, 0.15) is 5.82 Å². The van der Waals surface area contributed by atoms with Crippen molar-refractivity contribution in [3.8, 4) is 5.69 Å². The third-order valence-electron chi connectivity index (χ3n) is 5.69. The molecule has 2 aromatic heterocycles. The molecule has 29 heavy (non-hydrogen) atoms. The van der Waals surface area contributed by atoms with Gasteiger partial charge in [-0.05, 0) is 32.9 Å². The highest BCUT2D eigenvalue weighted by Crippen LogP contribution is 2.26. The van der Waals surface area contributed by atoms with E-state index in [0.717, 1.165) is 34.3 Å². The minimum atomic E-state index is 0.107. The first-order chi connectivity index (χ1) is 13.9. The molecule has 3 aromatic rings. The largest absolute Gasteiger partial charge is 0.333 e. The fourth-order valence-corrected chi connectivity index (χ4v) is 4.16. The number of aryl methyl sites for hydroxylation is 1. The van der Waals surface area contributed by atoms with Crippen LogP contribution in [0.5, 0.6) is 0 Å². The molecule has 0 N–H and O–H groups in total. The van der Waals surface area contributed by atoms with Gasteiger partial charge in [-0.25, -0.2) is 4.68 Å². The van der Waals surface area contributed by atoms with E-state index >= 15 is 0 Å². The number of carbonyl (C=O) groups is 1. The number of benzene rings is 1. The standard InChI is InChI=1S/C22H28N6O/c1-14(2)22-24-23-20-13-26(12-15(3)27(20)22)21(29)11-19-16(4)25-28(17(19)5)18-9-7-6-8-10-18/h6-10,14-15H,11-13H2,1-5H3/t15-/m0/s1. The molecule has 0 saturated carbocycles. The average molecular weight is 393 g/mol. The topological polar surface area (TPSA) is 68.8 Å². The number of aromatic nitrogens is 5. The van der Waals surface area contributed by atoms with Crippen LogP contribution >= 0.6 is 0 Å². The molecule has 0 unspecified atom stereocenters. The van der Waals surface area contributed by atoms with Crippen LogP contribution in [-0.2, 0) is 17.8 Å². The lowest BCUT2D eigenvalue weighted by Gasteiger charge is -2.33. The van der Waals surface area contributed by atoms with Crippen molar-refractivity contribution < 1.29 is 4.79 Å². The second-order valence-electron chi connectivity index (χ2n) is 8.20. The van der Waals surface area contributed by atoms with E-state index in [2.05, 4.69) is 40.6 Å². The molecule has 1 aliphatic rings. The predicted octanol–water partition coefficient (Wildman–Crippen LogP) is 3.35. The first-order valence-electron chi connectivity index (χ1n) is 10.2. The molecule has 152 valence electrons. The summed E-state index contributed by atoms with van der Waals surface area (Å²) in [5.41, 5.74) is 3.92. The van der Waals surface area contributed by atoms with Gasteiger partial charge in [0, 0.05) is 23.7 Å². The lowest BCUT2D eigenvalue weighted by molar-refractivity contribution is -0.132. The summed E-state index contributed by atoms with van der Waals surface area (Å²) in [6.07, 6.45) is 0.350. The van der Waals surface area contributed by atoms with Crippen LogP contribution in [0, 0.1) is 13.8 Å². The summed E-state index contributed by atoms with van der Waals surface area (Å²) in [6, 6.07) is 10.2. The maximum Gasteiger partial charge on any atom is 0.227 e. The van der Waals surface area contributed by atoms with Gasteiger partial charge in [-0.2, -0.15) is 5.10 Å². The Labute approximate surface area is 171 Å². The number of hydrogen-bond acceptors (Lipinski definition) is 4. The highest BCUT2D eigenvalue weighted by molar-refractivity contribution is 5.79. The Hall–Kier alpha value is -2.96. The summed E-state index contributed by atoms with van der Waals surface area (Å²) in [5, 5.41) is 13.4. The van der Waals surface area contributed by atoms with E-state index in [9.17, 15) is 4.79 Å². The molecule has 1 aliphatic heterocycles. The Bertz CT molecular complexity index is 1030. The van der Waals surface area contributed by atoms with Gasteiger partial charge in [-0.3, -0.25) is 4.79 Å². The molecule has 0 fully saturated rings. The van der Waals surface area contributed by atoms with Gasteiger partial charge in [0.2, 0.25) is 5.91 Å². The van der Waals surface area contributed by atoms with E-state index in [1.165, 1.54) is 0 Å². The minimum absolute atomic E-state index is 0.107. The number of rotatable bonds is 4. The monoisotopic (exact) mass is 392 g/mol. The van der Waals surface area contributed by atoms with Crippen LogP contribution in [0.3, 0.4) is 0 Å². The third-order valence-corrected chi connectivity index (χ3v) is 5.69. The molecule has 0 radical (unpaired) electrons. The van der Waals surface area contributed by atoms with Gasteiger partial charge < -0.3 is 9.47 Å². The van der Waals surface area contributed by atoms with Crippen LogP contribution in [0.4, 0.5) is 0 Å².